The molecule has 1 aromatic rings. The van der Waals surface area contributed by atoms with E-state index in [0.29, 0.717) is 35.1 Å². The van der Waals surface area contributed by atoms with Crippen molar-refractivity contribution >= 4 is 31.9 Å². The Morgan fingerprint density at radius 3 is 2.42 bits per heavy atom. The first kappa shape index (κ1) is 16.9. The molecule has 1 unspecified atom stereocenters. The van der Waals surface area contributed by atoms with Gasteiger partial charge in [0.2, 0.25) is 0 Å². The number of rotatable bonds is 7. The summed E-state index contributed by atoms with van der Waals surface area (Å²) in [7, 11) is 1.62. The van der Waals surface area contributed by atoms with E-state index in [1.807, 2.05) is 12.1 Å². The predicted molar refractivity (Wildman–Crippen MR) is 82.3 cm³/mol. The van der Waals surface area contributed by atoms with Crippen LogP contribution in [0.5, 0.6) is 5.75 Å². The molecule has 6 heteroatoms. The number of hydrogen-bond acceptors (Lipinski definition) is 4. The van der Waals surface area contributed by atoms with Gasteiger partial charge in [-0.15, -0.1) is 0 Å². The minimum atomic E-state index is -0.790. The molecule has 0 saturated heterocycles. The summed E-state index contributed by atoms with van der Waals surface area (Å²) in [5.74, 6) is 0.191. The Bertz CT molecular complexity index is 401. The number of aliphatic hydroxyl groups is 1. The van der Waals surface area contributed by atoms with Gasteiger partial charge < -0.3 is 20.3 Å². The van der Waals surface area contributed by atoms with E-state index in [2.05, 4.69) is 37.2 Å². The third-order valence-corrected chi connectivity index (χ3v) is 3.97. The van der Waals surface area contributed by atoms with Crippen LogP contribution in [0, 0.1) is 0 Å². The lowest BCUT2D eigenvalue weighted by atomic mass is 10.0. The minimum Gasteiger partial charge on any atom is -0.506 e. The van der Waals surface area contributed by atoms with Gasteiger partial charge in [0, 0.05) is 33.2 Å². The van der Waals surface area contributed by atoms with Crippen LogP contribution in [0.4, 0.5) is 0 Å². The maximum absolute atomic E-state index is 10.1. The molecule has 19 heavy (non-hydrogen) atoms. The average molecular weight is 397 g/mol. The number of benzene rings is 1. The number of halogens is 2. The van der Waals surface area contributed by atoms with E-state index in [9.17, 15) is 10.2 Å². The molecule has 4 nitrogen and oxygen atoms in total. The largest absolute Gasteiger partial charge is 0.506 e. The van der Waals surface area contributed by atoms with E-state index in [-0.39, 0.29) is 5.75 Å². The lowest BCUT2D eigenvalue weighted by molar-refractivity contribution is 0.0247. The second-order valence-electron chi connectivity index (χ2n) is 4.75. The highest BCUT2D eigenvalue weighted by Gasteiger charge is 2.19. The van der Waals surface area contributed by atoms with Gasteiger partial charge in [0.15, 0.2) is 0 Å². The van der Waals surface area contributed by atoms with Crippen LogP contribution in [0.25, 0.3) is 0 Å². The zero-order valence-electron chi connectivity index (χ0n) is 11.0. The number of ether oxygens (including phenoxy) is 1. The van der Waals surface area contributed by atoms with Gasteiger partial charge in [-0.1, -0.05) is 0 Å². The van der Waals surface area contributed by atoms with Crippen LogP contribution in [0.1, 0.15) is 18.9 Å². The molecule has 0 amide bonds. The topological polar surface area (TPSA) is 61.7 Å². The number of hydrogen-bond donors (Lipinski definition) is 3. The normalized spacial score (nSPS) is 14.4. The zero-order chi connectivity index (χ0) is 14.5. The Morgan fingerprint density at radius 1 is 1.32 bits per heavy atom. The van der Waals surface area contributed by atoms with Gasteiger partial charge in [0.25, 0.3) is 0 Å². The van der Waals surface area contributed by atoms with Crippen molar-refractivity contribution in [2.45, 2.75) is 25.5 Å². The van der Waals surface area contributed by atoms with E-state index < -0.39 is 5.60 Å². The molecule has 0 radical (unpaired) electrons. The molecule has 0 aliphatic rings. The molecule has 0 heterocycles. The van der Waals surface area contributed by atoms with Crippen LogP contribution in [-0.4, -0.2) is 36.1 Å². The molecule has 108 valence electrons. The Kier molecular flexibility index (Phi) is 6.76. The zero-order valence-corrected chi connectivity index (χ0v) is 14.2. The van der Waals surface area contributed by atoms with Crippen LogP contribution in [0.15, 0.2) is 21.1 Å². The maximum atomic E-state index is 10.1. The summed E-state index contributed by atoms with van der Waals surface area (Å²) in [4.78, 5) is 0. The summed E-state index contributed by atoms with van der Waals surface area (Å²) >= 11 is 6.58. The molecular formula is C13H19Br2NO3. The lowest BCUT2D eigenvalue weighted by Gasteiger charge is -2.23. The maximum Gasteiger partial charge on any atom is 0.143 e. The number of phenols is 1. The summed E-state index contributed by atoms with van der Waals surface area (Å²) in [6.07, 6.45) is 0.583. The van der Waals surface area contributed by atoms with E-state index in [1.165, 1.54) is 0 Å². The van der Waals surface area contributed by atoms with Crippen LogP contribution in [0.2, 0.25) is 0 Å². The summed E-state index contributed by atoms with van der Waals surface area (Å²) in [6, 6.07) is 3.69. The van der Waals surface area contributed by atoms with Gasteiger partial charge in [-0.25, -0.2) is 0 Å². The van der Waals surface area contributed by atoms with Crippen LogP contribution >= 0.6 is 31.9 Å². The molecular weight excluding hydrogens is 378 g/mol. The van der Waals surface area contributed by atoms with E-state index in [0.717, 1.165) is 5.56 Å². The summed E-state index contributed by atoms with van der Waals surface area (Å²) in [6.45, 7) is 3.40. The quantitative estimate of drug-likeness (QED) is 0.663. The molecule has 0 aliphatic heterocycles. The molecule has 1 atom stereocenters. The molecule has 0 fully saturated rings. The predicted octanol–water partition coefficient (Wildman–Crippen LogP) is 2.79. The van der Waals surface area contributed by atoms with Crippen molar-refractivity contribution < 1.29 is 14.9 Å². The van der Waals surface area contributed by atoms with Crippen molar-refractivity contribution in [1.82, 2.24) is 5.32 Å². The SMILES string of the molecule is COCCC(C)(O)CNCc1cc(Br)c(O)c(Br)c1. The highest BCUT2D eigenvalue weighted by molar-refractivity contribution is 9.11. The fourth-order valence-electron chi connectivity index (χ4n) is 1.61. The summed E-state index contributed by atoms with van der Waals surface area (Å²) in [5, 5.41) is 22.9. The van der Waals surface area contributed by atoms with Crippen molar-refractivity contribution in [3.63, 3.8) is 0 Å². The molecule has 0 bridgehead atoms. The van der Waals surface area contributed by atoms with Crippen LogP contribution in [0.3, 0.4) is 0 Å². The first-order chi connectivity index (χ1) is 8.85. The molecule has 1 aromatic carbocycles. The molecule has 3 N–H and O–H groups in total. The average Bonchev–Trinajstić information content (AvgIpc) is 2.33. The monoisotopic (exact) mass is 395 g/mol. The lowest BCUT2D eigenvalue weighted by Crippen LogP contribution is -2.38. The molecule has 0 aliphatic carbocycles. The summed E-state index contributed by atoms with van der Waals surface area (Å²) < 4.78 is 6.25. The molecule has 1 rings (SSSR count). The van der Waals surface area contributed by atoms with Gasteiger partial charge in [-0.05, 0) is 56.5 Å². The number of methoxy groups -OCH3 is 1. The minimum absolute atomic E-state index is 0.191. The molecule has 0 saturated carbocycles. The van der Waals surface area contributed by atoms with Gasteiger partial charge in [-0.3, -0.25) is 0 Å². The van der Waals surface area contributed by atoms with E-state index in [1.54, 1.807) is 14.0 Å². The van der Waals surface area contributed by atoms with Crippen molar-refractivity contribution in [2.24, 2.45) is 0 Å². The number of aromatic hydroxyl groups is 1. The third-order valence-electron chi connectivity index (χ3n) is 2.76. The standard InChI is InChI=1S/C13H19Br2NO3/c1-13(18,3-4-19-2)8-16-7-9-5-10(14)12(17)11(15)6-9/h5-6,16-18H,3-4,7-8H2,1-2H3. The highest BCUT2D eigenvalue weighted by atomic mass is 79.9. The van der Waals surface area contributed by atoms with Crippen molar-refractivity contribution in [3.8, 4) is 5.75 Å². The molecule has 0 spiro atoms. The highest BCUT2D eigenvalue weighted by Crippen LogP contribution is 2.33. The Hall–Kier alpha value is -0.140. The van der Waals surface area contributed by atoms with Crippen LogP contribution < -0.4 is 5.32 Å². The number of phenolic OH excluding ortho intramolecular Hbond substituents is 1. The van der Waals surface area contributed by atoms with E-state index in [4.69, 9.17) is 4.74 Å². The van der Waals surface area contributed by atoms with Crippen LogP contribution in [-0.2, 0) is 11.3 Å². The molecule has 0 aromatic heterocycles. The van der Waals surface area contributed by atoms with Crippen molar-refractivity contribution in [3.05, 3.63) is 26.6 Å². The van der Waals surface area contributed by atoms with Gasteiger partial charge in [0.1, 0.15) is 5.75 Å². The fraction of sp³-hybridized carbons (Fsp3) is 0.538. The van der Waals surface area contributed by atoms with Crippen molar-refractivity contribution in [2.75, 3.05) is 20.3 Å². The second kappa shape index (κ2) is 7.59. The van der Waals surface area contributed by atoms with Crippen molar-refractivity contribution in [1.29, 1.82) is 0 Å². The Labute approximate surface area is 130 Å². The number of nitrogens with one attached hydrogen (secondary N) is 1. The van der Waals surface area contributed by atoms with Gasteiger partial charge in [-0.2, -0.15) is 0 Å². The van der Waals surface area contributed by atoms with Gasteiger partial charge in [0.05, 0.1) is 14.5 Å². The van der Waals surface area contributed by atoms with E-state index >= 15 is 0 Å². The fourth-order valence-corrected chi connectivity index (χ4v) is 2.89. The Morgan fingerprint density at radius 2 is 1.89 bits per heavy atom. The summed E-state index contributed by atoms with van der Waals surface area (Å²) in [5.41, 5.74) is 0.223. The first-order valence-electron chi connectivity index (χ1n) is 5.94. The second-order valence-corrected chi connectivity index (χ2v) is 6.46. The van der Waals surface area contributed by atoms with Gasteiger partial charge >= 0.3 is 0 Å². The third kappa shape index (κ3) is 5.79. The Balaban J connectivity index is 2.49. The smallest absolute Gasteiger partial charge is 0.143 e. The first-order valence-corrected chi connectivity index (χ1v) is 7.53.